The number of thiophene rings is 1. The number of benzene rings is 2. The average molecular weight is 493 g/mol. The minimum Gasteiger partial charge on any atom is -0.272 e. The van der Waals surface area contributed by atoms with Crippen LogP contribution in [0.3, 0.4) is 0 Å². The van der Waals surface area contributed by atoms with Crippen molar-refractivity contribution in [1.29, 1.82) is 0 Å². The first-order valence-electron chi connectivity index (χ1n) is 10.9. The number of carbonyl (C=O) groups excluding carboxylic acids is 1. The van der Waals surface area contributed by atoms with Gasteiger partial charge in [0.2, 0.25) is 0 Å². The fourth-order valence-electron chi connectivity index (χ4n) is 4.00. The lowest BCUT2D eigenvalue weighted by atomic mass is 9.97. The van der Waals surface area contributed by atoms with E-state index in [1.807, 2.05) is 30.3 Å². The molecule has 0 fully saturated rings. The minimum atomic E-state index is -0.419. The first-order chi connectivity index (χ1) is 16.6. The molecule has 0 aliphatic heterocycles. The van der Waals surface area contributed by atoms with Gasteiger partial charge in [0.15, 0.2) is 5.16 Å². The van der Waals surface area contributed by atoms with Gasteiger partial charge in [-0.3, -0.25) is 14.2 Å². The van der Waals surface area contributed by atoms with E-state index in [-0.39, 0.29) is 22.8 Å². The maximum Gasteiger partial charge on any atom is 0.267 e. The number of hydrazone groups is 1. The summed E-state index contributed by atoms with van der Waals surface area (Å²) < 4.78 is 15.3. The Morgan fingerprint density at radius 2 is 1.91 bits per heavy atom. The molecule has 2 aromatic carbocycles. The van der Waals surface area contributed by atoms with E-state index in [0.29, 0.717) is 16.2 Å². The largest absolute Gasteiger partial charge is 0.272 e. The Morgan fingerprint density at radius 3 is 2.74 bits per heavy atom. The summed E-state index contributed by atoms with van der Waals surface area (Å²) in [4.78, 5) is 32.8. The van der Waals surface area contributed by atoms with E-state index in [0.717, 1.165) is 36.1 Å². The summed E-state index contributed by atoms with van der Waals surface area (Å²) in [6.07, 6.45) is 5.34. The number of hydrogen-bond donors (Lipinski definition) is 1. The number of nitrogens with zero attached hydrogens (tertiary/aromatic N) is 3. The van der Waals surface area contributed by atoms with Gasteiger partial charge in [0, 0.05) is 10.4 Å². The second-order valence-electron chi connectivity index (χ2n) is 7.86. The molecule has 4 aromatic rings. The van der Waals surface area contributed by atoms with Crippen molar-refractivity contribution in [2.75, 3.05) is 5.75 Å². The molecule has 0 atom stereocenters. The van der Waals surface area contributed by atoms with Gasteiger partial charge in [-0.25, -0.2) is 14.8 Å². The number of aryl methyl sites for hydroxylation is 2. The van der Waals surface area contributed by atoms with Crippen molar-refractivity contribution in [3.8, 4) is 5.69 Å². The van der Waals surface area contributed by atoms with Crippen molar-refractivity contribution < 1.29 is 9.18 Å². The zero-order valence-corrected chi connectivity index (χ0v) is 19.8. The number of aromatic nitrogens is 2. The summed E-state index contributed by atoms with van der Waals surface area (Å²) >= 11 is 2.75. The zero-order valence-electron chi connectivity index (χ0n) is 18.2. The Hall–Kier alpha value is -3.30. The lowest BCUT2D eigenvalue weighted by molar-refractivity contribution is -0.118. The molecule has 172 valence electrons. The van der Waals surface area contributed by atoms with Crippen LogP contribution in [0.15, 0.2) is 69.6 Å². The van der Waals surface area contributed by atoms with Gasteiger partial charge in [-0.05, 0) is 49.4 Å². The maximum absolute atomic E-state index is 13.7. The molecule has 0 spiro atoms. The predicted octanol–water partition coefficient (Wildman–Crippen LogP) is 4.71. The Labute approximate surface area is 203 Å². The van der Waals surface area contributed by atoms with Crippen LogP contribution in [0.5, 0.6) is 0 Å². The molecule has 0 radical (unpaired) electrons. The van der Waals surface area contributed by atoms with Crippen LogP contribution in [0, 0.1) is 5.82 Å². The molecule has 5 rings (SSSR count). The van der Waals surface area contributed by atoms with Crippen molar-refractivity contribution in [3.05, 3.63) is 86.8 Å². The molecule has 1 aliphatic rings. The standard InChI is InChI=1S/C25H21FN4O2S2/c26-19-12-6-4-8-16(19)14-27-29-21(31)15-33-25-28-23-22(18-11-5-7-13-20(18)34-23)24(32)30(25)17-9-2-1-3-10-17/h1-4,6,8-10,12,14H,5,7,11,13,15H2,(H,29,31). The van der Waals surface area contributed by atoms with Gasteiger partial charge in [0.25, 0.3) is 11.5 Å². The number of nitrogens with one attached hydrogen (secondary N) is 1. The summed E-state index contributed by atoms with van der Waals surface area (Å²) in [5.74, 6) is -0.792. The van der Waals surface area contributed by atoms with Crippen LogP contribution in [0.2, 0.25) is 0 Å². The van der Waals surface area contributed by atoms with E-state index < -0.39 is 5.82 Å². The highest BCUT2D eigenvalue weighted by molar-refractivity contribution is 7.99. The van der Waals surface area contributed by atoms with Crippen LogP contribution in [0.1, 0.15) is 28.8 Å². The molecule has 1 aliphatic carbocycles. The number of thioether (sulfide) groups is 1. The average Bonchev–Trinajstić information content (AvgIpc) is 3.23. The predicted molar refractivity (Wildman–Crippen MR) is 135 cm³/mol. The SMILES string of the molecule is O=C(CSc1nc2sc3c(c2c(=O)n1-c1ccccc1)CCCC3)NN=Cc1ccccc1F. The van der Waals surface area contributed by atoms with Gasteiger partial charge in [-0.1, -0.05) is 48.2 Å². The molecular weight excluding hydrogens is 471 g/mol. The number of rotatable bonds is 6. The molecule has 1 N–H and O–H groups in total. The normalized spacial score (nSPS) is 13.3. The van der Waals surface area contributed by atoms with E-state index in [9.17, 15) is 14.0 Å². The highest BCUT2D eigenvalue weighted by Crippen LogP contribution is 2.35. The second-order valence-corrected chi connectivity index (χ2v) is 9.89. The van der Waals surface area contributed by atoms with Crippen LogP contribution >= 0.6 is 23.1 Å². The van der Waals surface area contributed by atoms with E-state index in [2.05, 4.69) is 10.5 Å². The lowest BCUT2D eigenvalue weighted by Gasteiger charge is -2.13. The Morgan fingerprint density at radius 1 is 1.15 bits per heavy atom. The van der Waals surface area contributed by atoms with Crippen LogP contribution in [-0.4, -0.2) is 27.4 Å². The first kappa shape index (κ1) is 22.5. The number of halogens is 1. The molecular formula is C25H21FN4O2S2. The summed E-state index contributed by atoms with van der Waals surface area (Å²) in [6, 6.07) is 15.5. The summed E-state index contributed by atoms with van der Waals surface area (Å²) in [5.41, 5.74) is 4.43. The highest BCUT2D eigenvalue weighted by atomic mass is 32.2. The fraction of sp³-hybridized carbons (Fsp3) is 0.200. The van der Waals surface area contributed by atoms with Gasteiger partial charge in [-0.15, -0.1) is 11.3 Å². The van der Waals surface area contributed by atoms with Crippen molar-refractivity contribution in [3.63, 3.8) is 0 Å². The molecule has 0 saturated carbocycles. The van der Waals surface area contributed by atoms with Gasteiger partial charge in [0.1, 0.15) is 10.6 Å². The summed E-state index contributed by atoms with van der Waals surface area (Å²) in [7, 11) is 0. The molecule has 34 heavy (non-hydrogen) atoms. The molecule has 1 amide bonds. The molecule has 6 nitrogen and oxygen atoms in total. The number of fused-ring (bicyclic) bond motifs is 3. The minimum absolute atomic E-state index is 0.00445. The second kappa shape index (κ2) is 9.90. The quantitative estimate of drug-likeness (QED) is 0.183. The van der Waals surface area contributed by atoms with Gasteiger partial charge >= 0.3 is 0 Å². The summed E-state index contributed by atoms with van der Waals surface area (Å²) in [6.45, 7) is 0. The van der Waals surface area contributed by atoms with Crippen molar-refractivity contribution >= 4 is 45.4 Å². The third kappa shape index (κ3) is 4.53. The molecule has 2 heterocycles. The Bertz CT molecular complexity index is 1450. The topological polar surface area (TPSA) is 76.3 Å². The van der Waals surface area contributed by atoms with Crippen molar-refractivity contribution in [1.82, 2.24) is 15.0 Å². The zero-order chi connectivity index (χ0) is 23.5. The first-order valence-corrected chi connectivity index (χ1v) is 12.7. The molecule has 9 heteroatoms. The van der Waals surface area contributed by atoms with Gasteiger partial charge in [0.05, 0.1) is 23.0 Å². The van der Waals surface area contributed by atoms with Gasteiger partial charge in [-0.2, -0.15) is 5.10 Å². The summed E-state index contributed by atoms with van der Waals surface area (Å²) in [5, 5.41) is 5.00. The maximum atomic E-state index is 13.7. The van der Waals surface area contributed by atoms with Crippen molar-refractivity contribution in [2.24, 2.45) is 5.10 Å². The van der Waals surface area contributed by atoms with Crippen LogP contribution in [-0.2, 0) is 17.6 Å². The number of amides is 1. The molecule has 0 bridgehead atoms. The Kier molecular flexibility index (Phi) is 6.55. The molecule has 0 saturated heterocycles. The smallest absolute Gasteiger partial charge is 0.267 e. The highest BCUT2D eigenvalue weighted by Gasteiger charge is 2.23. The van der Waals surface area contributed by atoms with Crippen LogP contribution in [0.4, 0.5) is 4.39 Å². The molecule has 0 unspecified atom stereocenters. The third-order valence-corrected chi connectivity index (χ3v) is 7.73. The van der Waals surface area contributed by atoms with Gasteiger partial charge < -0.3 is 0 Å². The van der Waals surface area contributed by atoms with E-state index >= 15 is 0 Å². The van der Waals surface area contributed by atoms with E-state index in [1.54, 1.807) is 34.1 Å². The number of para-hydroxylation sites is 1. The monoisotopic (exact) mass is 492 g/mol. The number of hydrogen-bond acceptors (Lipinski definition) is 6. The lowest BCUT2D eigenvalue weighted by Crippen LogP contribution is -2.24. The third-order valence-electron chi connectivity index (χ3n) is 5.60. The van der Waals surface area contributed by atoms with Crippen LogP contribution in [0.25, 0.3) is 15.9 Å². The van der Waals surface area contributed by atoms with E-state index in [4.69, 9.17) is 4.98 Å². The van der Waals surface area contributed by atoms with Crippen molar-refractivity contribution in [2.45, 2.75) is 30.8 Å². The Balaban J connectivity index is 1.42. The van der Waals surface area contributed by atoms with Crippen LogP contribution < -0.4 is 11.0 Å². The number of carbonyl (C=O) groups is 1. The molecule has 2 aromatic heterocycles. The fourth-order valence-corrected chi connectivity index (χ4v) is 6.11. The van der Waals surface area contributed by atoms with E-state index in [1.165, 1.54) is 28.9 Å².